The molecule has 0 radical (unpaired) electrons. The van der Waals surface area contributed by atoms with Crippen molar-refractivity contribution >= 4 is 11.0 Å². The molecular formula is C14H20N2O2. The average Bonchev–Trinajstić information content (AvgIpc) is 2.70. The Balaban J connectivity index is 2.34. The van der Waals surface area contributed by atoms with E-state index < -0.39 is 6.41 Å². The monoisotopic (exact) mass is 248 g/mol. The Hall–Kier alpha value is -1.39. The van der Waals surface area contributed by atoms with Gasteiger partial charge in [-0.2, -0.15) is 0 Å². The molecule has 98 valence electrons. The van der Waals surface area contributed by atoms with Gasteiger partial charge in [-0.05, 0) is 39.8 Å². The number of hydrogen-bond donors (Lipinski definition) is 0. The van der Waals surface area contributed by atoms with Gasteiger partial charge in [-0.3, -0.25) is 4.57 Å². The maximum absolute atomic E-state index is 5.81. The molecule has 2 aromatic rings. The lowest BCUT2D eigenvalue weighted by molar-refractivity contribution is -0.224. The van der Waals surface area contributed by atoms with Crippen LogP contribution in [-0.2, 0) is 9.47 Å². The second kappa shape index (κ2) is 5.50. The molecular weight excluding hydrogens is 228 g/mol. The number of fused-ring (bicyclic) bond motifs is 1. The molecule has 1 aromatic carbocycles. The molecule has 0 bridgehead atoms. The highest BCUT2D eigenvalue weighted by Crippen LogP contribution is 2.21. The van der Waals surface area contributed by atoms with Gasteiger partial charge in [0.05, 0.1) is 29.6 Å². The Labute approximate surface area is 108 Å². The van der Waals surface area contributed by atoms with Gasteiger partial charge in [0.15, 0.2) is 0 Å². The zero-order valence-corrected chi connectivity index (χ0v) is 11.3. The third kappa shape index (κ3) is 2.89. The minimum atomic E-state index is -0.433. The van der Waals surface area contributed by atoms with Crippen molar-refractivity contribution in [3.05, 3.63) is 30.6 Å². The minimum Gasteiger partial charge on any atom is -0.332 e. The molecule has 0 aliphatic rings. The number of hydrogen-bond acceptors (Lipinski definition) is 3. The molecule has 0 aliphatic carbocycles. The zero-order valence-electron chi connectivity index (χ0n) is 11.3. The van der Waals surface area contributed by atoms with Gasteiger partial charge in [0, 0.05) is 0 Å². The number of ether oxygens (including phenoxy) is 2. The summed E-state index contributed by atoms with van der Waals surface area (Å²) in [4.78, 5) is 4.36. The Bertz CT molecular complexity index is 495. The van der Waals surface area contributed by atoms with E-state index in [1.165, 1.54) is 0 Å². The van der Waals surface area contributed by atoms with Gasteiger partial charge in [0.1, 0.15) is 0 Å². The van der Waals surface area contributed by atoms with Crippen LogP contribution in [0.4, 0.5) is 0 Å². The van der Waals surface area contributed by atoms with Crippen LogP contribution in [0, 0.1) is 0 Å². The summed E-state index contributed by atoms with van der Waals surface area (Å²) >= 11 is 0. The van der Waals surface area contributed by atoms with Gasteiger partial charge in [-0.25, -0.2) is 4.98 Å². The van der Waals surface area contributed by atoms with Crippen LogP contribution in [0.3, 0.4) is 0 Å². The summed E-state index contributed by atoms with van der Waals surface area (Å²) in [5.41, 5.74) is 1.96. The van der Waals surface area contributed by atoms with E-state index >= 15 is 0 Å². The number of para-hydroxylation sites is 2. The van der Waals surface area contributed by atoms with Crippen molar-refractivity contribution in [3.8, 4) is 0 Å². The van der Waals surface area contributed by atoms with Crippen LogP contribution in [0.5, 0.6) is 0 Å². The summed E-state index contributed by atoms with van der Waals surface area (Å²) < 4.78 is 13.6. The molecule has 4 nitrogen and oxygen atoms in total. The lowest BCUT2D eigenvalue weighted by Gasteiger charge is -2.24. The summed E-state index contributed by atoms with van der Waals surface area (Å²) in [7, 11) is 0. The predicted octanol–water partition coefficient (Wildman–Crippen LogP) is 3.34. The SMILES string of the molecule is CC(C)OC(OC(C)C)n1cnc2ccccc21. The van der Waals surface area contributed by atoms with E-state index in [9.17, 15) is 0 Å². The van der Waals surface area contributed by atoms with Crippen molar-refractivity contribution in [1.82, 2.24) is 9.55 Å². The molecule has 1 aromatic heterocycles. The molecule has 0 unspecified atom stereocenters. The quantitative estimate of drug-likeness (QED) is 0.761. The second-order valence-corrected chi connectivity index (χ2v) is 4.82. The molecule has 0 saturated carbocycles. The first-order valence-corrected chi connectivity index (χ1v) is 6.30. The van der Waals surface area contributed by atoms with Crippen LogP contribution in [0.15, 0.2) is 30.6 Å². The van der Waals surface area contributed by atoms with Gasteiger partial charge in [0.2, 0.25) is 6.41 Å². The molecule has 1 heterocycles. The van der Waals surface area contributed by atoms with Crippen LogP contribution in [-0.4, -0.2) is 21.8 Å². The highest BCUT2D eigenvalue weighted by Gasteiger charge is 2.17. The molecule has 4 heteroatoms. The number of benzene rings is 1. The lowest BCUT2D eigenvalue weighted by atomic mass is 10.3. The molecule has 18 heavy (non-hydrogen) atoms. The van der Waals surface area contributed by atoms with Crippen LogP contribution >= 0.6 is 0 Å². The first-order valence-electron chi connectivity index (χ1n) is 6.30. The highest BCUT2D eigenvalue weighted by atomic mass is 16.7. The van der Waals surface area contributed by atoms with E-state index in [2.05, 4.69) is 4.98 Å². The van der Waals surface area contributed by atoms with Gasteiger partial charge in [-0.15, -0.1) is 0 Å². The highest BCUT2D eigenvalue weighted by molar-refractivity contribution is 5.74. The fraction of sp³-hybridized carbons (Fsp3) is 0.500. The Morgan fingerprint density at radius 1 is 1.00 bits per heavy atom. The van der Waals surface area contributed by atoms with Crippen molar-refractivity contribution in [2.24, 2.45) is 0 Å². The number of nitrogens with zero attached hydrogens (tertiary/aromatic N) is 2. The third-order valence-electron chi connectivity index (χ3n) is 2.49. The normalized spacial score (nSPS) is 12.2. The van der Waals surface area contributed by atoms with Crippen LogP contribution < -0.4 is 0 Å². The molecule has 0 amide bonds. The van der Waals surface area contributed by atoms with E-state index in [0.717, 1.165) is 11.0 Å². The van der Waals surface area contributed by atoms with Gasteiger partial charge < -0.3 is 9.47 Å². The number of rotatable bonds is 5. The van der Waals surface area contributed by atoms with E-state index in [-0.39, 0.29) is 12.2 Å². The summed E-state index contributed by atoms with van der Waals surface area (Å²) in [5.74, 6) is 0. The molecule has 0 aliphatic heterocycles. The fourth-order valence-corrected chi connectivity index (χ4v) is 1.78. The molecule has 2 rings (SSSR count). The topological polar surface area (TPSA) is 36.3 Å². The summed E-state index contributed by atoms with van der Waals surface area (Å²) in [6.45, 7) is 7.98. The summed E-state index contributed by atoms with van der Waals surface area (Å²) in [6.07, 6.45) is 1.52. The predicted molar refractivity (Wildman–Crippen MR) is 71.2 cm³/mol. The number of aromatic nitrogens is 2. The van der Waals surface area contributed by atoms with Gasteiger partial charge in [0.25, 0.3) is 0 Å². The standard InChI is InChI=1S/C14H20N2O2/c1-10(2)17-14(18-11(3)4)16-9-15-12-7-5-6-8-13(12)16/h5-11,14H,1-4H3. The minimum absolute atomic E-state index is 0.0925. The van der Waals surface area contributed by atoms with E-state index in [4.69, 9.17) is 9.47 Å². The van der Waals surface area contributed by atoms with Crippen molar-refractivity contribution in [3.63, 3.8) is 0 Å². The van der Waals surface area contributed by atoms with Crippen LogP contribution in [0.2, 0.25) is 0 Å². The van der Waals surface area contributed by atoms with Crippen molar-refractivity contribution < 1.29 is 9.47 Å². The molecule has 0 saturated heterocycles. The maximum atomic E-state index is 5.81. The molecule has 0 atom stereocenters. The smallest absolute Gasteiger partial charge is 0.246 e. The fourth-order valence-electron chi connectivity index (χ4n) is 1.78. The second-order valence-electron chi connectivity index (χ2n) is 4.82. The van der Waals surface area contributed by atoms with Crippen molar-refractivity contribution in [2.75, 3.05) is 0 Å². The Morgan fingerprint density at radius 2 is 1.61 bits per heavy atom. The van der Waals surface area contributed by atoms with Gasteiger partial charge >= 0.3 is 0 Å². The van der Waals surface area contributed by atoms with E-state index in [0.29, 0.717) is 0 Å². The number of imidazole rings is 1. The summed E-state index contributed by atoms with van der Waals surface area (Å²) in [6, 6.07) is 7.96. The van der Waals surface area contributed by atoms with E-state index in [1.54, 1.807) is 6.33 Å². The van der Waals surface area contributed by atoms with Crippen LogP contribution in [0.25, 0.3) is 11.0 Å². The largest absolute Gasteiger partial charge is 0.332 e. The Morgan fingerprint density at radius 3 is 2.22 bits per heavy atom. The van der Waals surface area contributed by atoms with Crippen LogP contribution in [0.1, 0.15) is 34.1 Å². The Kier molecular flexibility index (Phi) is 3.99. The third-order valence-corrected chi connectivity index (χ3v) is 2.49. The first kappa shape index (κ1) is 13.1. The summed E-state index contributed by atoms with van der Waals surface area (Å²) in [5, 5.41) is 0. The molecule has 0 N–H and O–H groups in total. The molecule has 0 spiro atoms. The van der Waals surface area contributed by atoms with E-state index in [1.807, 2.05) is 56.5 Å². The van der Waals surface area contributed by atoms with Gasteiger partial charge in [-0.1, -0.05) is 12.1 Å². The van der Waals surface area contributed by atoms with Crippen molar-refractivity contribution in [1.29, 1.82) is 0 Å². The zero-order chi connectivity index (χ0) is 13.1. The average molecular weight is 248 g/mol. The first-order chi connectivity index (χ1) is 8.58. The van der Waals surface area contributed by atoms with Crippen molar-refractivity contribution in [2.45, 2.75) is 46.3 Å². The molecule has 0 fully saturated rings. The maximum Gasteiger partial charge on any atom is 0.246 e. The lowest BCUT2D eigenvalue weighted by Crippen LogP contribution is -2.22.